The molecule has 0 spiro atoms. The van der Waals surface area contributed by atoms with Gasteiger partial charge in [0.2, 0.25) is 0 Å². The molecule has 2 rings (SSSR count). The SMILES string of the molecule is C=CC[C@H](NC(=O)OCc1ccccc1)[C@@](C)(O)C#Cc1ccccc1. The van der Waals surface area contributed by atoms with E-state index in [4.69, 9.17) is 4.74 Å². The van der Waals surface area contributed by atoms with Crippen molar-refractivity contribution in [3.63, 3.8) is 0 Å². The van der Waals surface area contributed by atoms with Crippen LogP contribution >= 0.6 is 0 Å². The van der Waals surface area contributed by atoms with Gasteiger partial charge in [-0.05, 0) is 31.0 Å². The minimum atomic E-state index is -1.43. The van der Waals surface area contributed by atoms with E-state index in [1.54, 1.807) is 13.0 Å². The van der Waals surface area contributed by atoms with E-state index >= 15 is 0 Å². The first kappa shape index (κ1) is 19.3. The van der Waals surface area contributed by atoms with Crippen LogP contribution in [0.3, 0.4) is 0 Å². The van der Waals surface area contributed by atoms with Crippen molar-refractivity contribution in [2.24, 2.45) is 0 Å². The smallest absolute Gasteiger partial charge is 0.407 e. The molecular formula is C22H23NO3. The summed E-state index contributed by atoms with van der Waals surface area (Å²) in [4.78, 5) is 12.1. The van der Waals surface area contributed by atoms with Crippen molar-refractivity contribution in [3.05, 3.63) is 84.4 Å². The van der Waals surface area contributed by atoms with Crippen molar-refractivity contribution in [1.82, 2.24) is 5.32 Å². The number of aliphatic hydroxyl groups is 1. The van der Waals surface area contributed by atoms with E-state index in [1.807, 2.05) is 60.7 Å². The van der Waals surface area contributed by atoms with Crippen LogP contribution < -0.4 is 5.32 Å². The number of ether oxygens (including phenoxy) is 1. The molecule has 134 valence electrons. The summed E-state index contributed by atoms with van der Waals surface area (Å²) < 4.78 is 5.22. The predicted molar refractivity (Wildman–Crippen MR) is 102 cm³/mol. The number of alkyl carbamates (subject to hydrolysis) is 1. The Bertz CT molecular complexity index is 773. The topological polar surface area (TPSA) is 58.6 Å². The number of rotatable bonds is 6. The van der Waals surface area contributed by atoms with Crippen molar-refractivity contribution in [2.45, 2.75) is 31.6 Å². The lowest BCUT2D eigenvalue weighted by Crippen LogP contribution is -2.50. The zero-order valence-corrected chi connectivity index (χ0v) is 14.8. The summed E-state index contributed by atoms with van der Waals surface area (Å²) in [7, 11) is 0. The Kier molecular flexibility index (Phi) is 7.02. The lowest BCUT2D eigenvalue weighted by molar-refractivity contribution is 0.0677. The predicted octanol–water partition coefficient (Wildman–Crippen LogP) is 3.66. The Morgan fingerprint density at radius 1 is 1.23 bits per heavy atom. The summed E-state index contributed by atoms with van der Waals surface area (Å²) in [6.07, 6.45) is 1.38. The highest BCUT2D eigenvalue weighted by Crippen LogP contribution is 2.14. The molecule has 2 N–H and O–H groups in total. The number of hydrogen-bond acceptors (Lipinski definition) is 3. The van der Waals surface area contributed by atoms with Gasteiger partial charge in [0.25, 0.3) is 0 Å². The molecule has 2 aromatic rings. The molecule has 0 bridgehead atoms. The Balaban J connectivity index is 2.01. The zero-order chi connectivity index (χ0) is 18.8. The van der Waals surface area contributed by atoms with Crippen molar-refractivity contribution < 1.29 is 14.6 Å². The van der Waals surface area contributed by atoms with Crippen molar-refractivity contribution in [2.75, 3.05) is 0 Å². The van der Waals surface area contributed by atoms with E-state index in [9.17, 15) is 9.90 Å². The average Bonchev–Trinajstić information content (AvgIpc) is 2.66. The van der Waals surface area contributed by atoms with E-state index in [1.165, 1.54) is 0 Å². The van der Waals surface area contributed by atoms with E-state index in [0.29, 0.717) is 6.42 Å². The fraction of sp³-hybridized carbons (Fsp3) is 0.227. The van der Waals surface area contributed by atoms with Gasteiger partial charge < -0.3 is 15.2 Å². The molecule has 26 heavy (non-hydrogen) atoms. The lowest BCUT2D eigenvalue weighted by atomic mass is 9.94. The molecule has 0 aliphatic heterocycles. The highest BCUT2D eigenvalue weighted by Gasteiger charge is 2.31. The minimum absolute atomic E-state index is 0.158. The Labute approximate surface area is 154 Å². The van der Waals surface area contributed by atoms with Gasteiger partial charge >= 0.3 is 6.09 Å². The number of amides is 1. The monoisotopic (exact) mass is 349 g/mol. The van der Waals surface area contributed by atoms with Crippen molar-refractivity contribution in [3.8, 4) is 11.8 Å². The Morgan fingerprint density at radius 2 is 1.85 bits per heavy atom. The molecule has 0 fully saturated rings. The van der Waals surface area contributed by atoms with Crippen LogP contribution in [0.2, 0.25) is 0 Å². The molecular weight excluding hydrogens is 326 g/mol. The Morgan fingerprint density at radius 3 is 2.46 bits per heavy atom. The molecule has 0 aromatic heterocycles. The zero-order valence-electron chi connectivity index (χ0n) is 14.8. The molecule has 0 heterocycles. The second-order valence-electron chi connectivity index (χ2n) is 6.05. The molecule has 2 atom stereocenters. The number of carbonyl (C=O) groups is 1. The molecule has 0 saturated heterocycles. The normalized spacial score (nSPS) is 13.5. The molecule has 0 aliphatic carbocycles. The first-order valence-electron chi connectivity index (χ1n) is 8.40. The largest absolute Gasteiger partial charge is 0.445 e. The van der Waals surface area contributed by atoms with E-state index in [2.05, 4.69) is 23.7 Å². The van der Waals surface area contributed by atoms with Gasteiger partial charge in [-0.1, -0.05) is 66.4 Å². The first-order valence-corrected chi connectivity index (χ1v) is 8.40. The fourth-order valence-electron chi connectivity index (χ4n) is 2.31. The second kappa shape index (κ2) is 9.45. The van der Waals surface area contributed by atoms with Crippen LogP contribution in [0.5, 0.6) is 0 Å². The number of hydrogen-bond donors (Lipinski definition) is 2. The molecule has 4 nitrogen and oxygen atoms in total. The van der Waals surface area contributed by atoms with Gasteiger partial charge in [0.1, 0.15) is 12.2 Å². The standard InChI is InChI=1S/C22H23NO3/c1-3-10-20(22(2,25)16-15-18-11-6-4-7-12-18)23-21(24)26-17-19-13-8-5-9-14-19/h3-9,11-14,20,25H,1,10,17H2,2H3,(H,23,24)/t20-,22-/m0/s1. The summed E-state index contributed by atoms with van der Waals surface area (Å²) in [6, 6.07) is 18.1. The Hall–Kier alpha value is -3.03. The number of benzene rings is 2. The molecule has 2 aromatic carbocycles. The molecule has 0 unspecified atom stereocenters. The highest BCUT2D eigenvalue weighted by atomic mass is 16.5. The van der Waals surface area contributed by atoms with Crippen LogP contribution in [0.4, 0.5) is 4.79 Å². The van der Waals surface area contributed by atoms with Crippen LogP contribution in [0.15, 0.2) is 73.3 Å². The van der Waals surface area contributed by atoms with Gasteiger partial charge in [-0.3, -0.25) is 0 Å². The van der Waals surface area contributed by atoms with Gasteiger partial charge in [-0.15, -0.1) is 6.58 Å². The van der Waals surface area contributed by atoms with E-state index < -0.39 is 17.7 Å². The van der Waals surface area contributed by atoms with Gasteiger partial charge in [0.15, 0.2) is 0 Å². The summed E-state index contributed by atoms with van der Waals surface area (Å²) in [5, 5.41) is 13.4. The molecule has 1 amide bonds. The van der Waals surface area contributed by atoms with Crippen LogP contribution in [-0.2, 0) is 11.3 Å². The van der Waals surface area contributed by atoms with Crippen LogP contribution in [0, 0.1) is 11.8 Å². The third-order valence-electron chi connectivity index (χ3n) is 3.82. The maximum atomic E-state index is 12.1. The van der Waals surface area contributed by atoms with Gasteiger partial charge in [0.05, 0.1) is 6.04 Å². The van der Waals surface area contributed by atoms with Crippen LogP contribution in [-0.4, -0.2) is 22.8 Å². The van der Waals surface area contributed by atoms with Crippen LogP contribution in [0.25, 0.3) is 0 Å². The van der Waals surface area contributed by atoms with Crippen molar-refractivity contribution >= 4 is 6.09 Å². The van der Waals surface area contributed by atoms with Gasteiger partial charge in [-0.2, -0.15) is 0 Å². The summed E-state index contributed by atoms with van der Waals surface area (Å²) in [5.41, 5.74) is 0.242. The second-order valence-corrected chi connectivity index (χ2v) is 6.05. The van der Waals surface area contributed by atoms with Crippen LogP contribution in [0.1, 0.15) is 24.5 Å². The molecule has 0 saturated carbocycles. The number of nitrogens with one attached hydrogen (secondary N) is 1. The molecule has 0 aliphatic rings. The van der Waals surface area contributed by atoms with Gasteiger partial charge in [0, 0.05) is 5.56 Å². The van der Waals surface area contributed by atoms with E-state index in [0.717, 1.165) is 11.1 Å². The third kappa shape index (κ3) is 6.12. The maximum absolute atomic E-state index is 12.1. The highest BCUT2D eigenvalue weighted by molar-refractivity contribution is 5.68. The molecule has 0 radical (unpaired) electrons. The molecule has 4 heteroatoms. The maximum Gasteiger partial charge on any atom is 0.407 e. The minimum Gasteiger partial charge on any atom is -0.445 e. The fourth-order valence-corrected chi connectivity index (χ4v) is 2.31. The average molecular weight is 349 g/mol. The summed E-state index contributed by atoms with van der Waals surface area (Å²) in [5.74, 6) is 5.76. The summed E-state index contributed by atoms with van der Waals surface area (Å²) in [6.45, 7) is 5.40. The quantitative estimate of drug-likeness (QED) is 0.618. The van der Waals surface area contributed by atoms with Crippen molar-refractivity contribution in [1.29, 1.82) is 0 Å². The first-order chi connectivity index (χ1) is 12.5. The van der Waals surface area contributed by atoms with E-state index in [-0.39, 0.29) is 6.61 Å². The third-order valence-corrected chi connectivity index (χ3v) is 3.82. The number of carbonyl (C=O) groups excluding carboxylic acids is 1. The summed E-state index contributed by atoms with van der Waals surface area (Å²) >= 11 is 0. The van der Waals surface area contributed by atoms with Gasteiger partial charge in [-0.25, -0.2) is 4.79 Å². The lowest BCUT2D eigenvalue weighted by Gasteiger charge is -2.28.